The van der Waals surface area contributed by atoms with Gasteiger partial charge in [0.2, 0.25) is 0 Å². The zero-order chi connectivity index (χ0) is 16.5. The summed E-state index contributed by atoms with van der Waals surface area (Å²) in [4.78, 5) is 27.3. The van der Waals surface area contributed by atoms with Crippen molar-refractivity contribution in [2.24, 2.45) is 5.16 Å². The summed E-state index contributed by atoms with van der Waals surface area (Å²) in [7, 11) is 2.67. The van der Waals surface area contributed by atoms with E-state index in [4.69, 9.17) is 14.6 Å². The van der Waals surface area contributed by atoms with E-state index in [0.717, 1.165) is 0 Å². The number of methoxy groups -OCH3 is 2. The Labute approximate surface area is 127 Å². The summed E-state index contributed by atoms with van der Waals surface area (Å²) in [5.74, 6) is -1.45. The molecule has 0 saturated heterocycles. The fourth-order valence-corrected chi connectivity index (χ4v) is 1.68. The molecule has 1 N–H and O–H groups in total. The number of oxime groups is 1. The lowest BCUT2D eigenvalue weighted by Crippen LogP contribution is -2.11. The van der Waals surface area contributed by atoms with Crippen molar-refractivity contribution >= 4 is 23.2 Å². The van der Waals surface area contributed by atoms with Gasteiger partial charge in [-0.15, -0.1) is 0 Å². The number of esters is 1. The Morgan fingerprint density at radius 2 is 1.86 bits per heavy atom. The van der Waals surface area contributed by atoms with Crippen LogP contribution in [0, 0.1) is 0 Å². The Morgan fingerprint density at radius 1 is 1.23 bits per heavy atom. The minimum atomic E-state index is -0.877. The van der Waals surface area contributed by atoms with Gasteiger partial charge in [0, 0.05) is 11.1 Å². The molecule has 0 spiro atoms. The molecule has 22 heavy (non-hydrogen) atoms. The number of ether oxygens (including phenoxy) is 2. The van der Waals surface area contributed by atoms with Crippen molar-refractivity contribution in [2.75, 3.05) is 20.8 Å². The average molecular weight is 307 g/mol. The largest absolute Gasteiger partial charge is 0.503 e. The van der Waals surface area contributed by atoms with Crippen molar-refractivity contribution in [3.8, 4) is 0 Å². The molecule has 1 rings (SSSR count). The van der Waals surface area contributed by atoms with Gasteiger partial charge in [-0.3, -0.25) is 0 Å². The van der Waals surface area contributed by atoms with Crippen LogP contribution in [0.1, 0.15) is 18.1 Å². The first-order valence-corrected chi connectivity index (χ1v) is 6.31. The minimum Gasteiger partial charge on any atom is -0.503 e. The fourth-order valence-electron chi connectivity index (χ4n) is 1.68. The van der Waals surface area contributed by atoms with E-state index in [1.54, 1.807) is 31.2 Å². The highest BCUT2D eigenvalue weighted by Gasteiger charge is 2.18. The topological polar surface area (TPSA) is 94.4 Å². The summed E-state index contributed by atoms with van der Waals surface area (Å²) < 4.78 is 9.63. The van der Waals surface area contributed by atoms with E-state index < -0.39 is 18.5 Å². The molecule has 0 aromatic heterocycles. The van der Waals surface area contributed by atoms with E-state index in [0.29, 0.717) is 16.8 Å². The quantitative estimate of drug-likeness (QED) is 0.211. The highest BCUT2D eigenvalue weighted by molar-refractivity contribution is 6.19. The van der Waals surface area contributed by atoms with E-state index in [9.17, 15) is 9.59 Å². The second kappa shape index (κ2) is 8.58. The smallest absolute Gasteiger partial charge is 0.360 e. The highest BCUT2D eigenvalue weighted by atomic mass is 16.7. The summed E-state index contributed by atoms with van der Waals surface area (Å²) in [5, 5.41) is 12.2. The first-order chi connectivity index (χ1) is 10.5. The molecule has 0 radical (unpaired) electrons. The van der Waals surface area contributed by atoms with Crippen molar-refractivity contribution in [1.82, 2.24) is 0 Å². The third-order valence-electron chi connectivity index (χ3n) is 2.66. The van der Waals surface area contributed by atoms with Crippen LogP contribution in [0.5, 0.6) is 0 Å². The van der Waals surface area contributed by atoms with Crippen molar-refractivity contribution in [1.29, 1.82) is 0 Å². The van der Waals surface area contributed by atoms with E-state index >= 15 is 0 Å². The number of carbonyl (C=O) groups excluding carboxylic acids is 2. The van der Waals surface area contributed by atoms with Crippen LogP contribution < -0.4 is 0 Å². The van der Waals surface area contributed by atoms with Gasteiger partial charge in [-0.2, -0.15) is 0 Å². The van der Waals surface area contributed by atoms with E-state index in [2.05, 4.69) is 9.99 Å². The predicted octanol–water partition coefficient (Wildman–Crippen LogP) is 1.11. The number of rotatable bonds is 6. The van der Waals surface area contributed by atoms with Gasteiger partial charge in [0.05, 0.1) is 26.2 Å². The number of aliphatic hydroxyl groups is 1. The zero-order valence-electron chi connectivity index (χ0n) is 12.5. The SMILES string of the molecule is CO/C=C(/C(=O)OC)c1ccccc1C(C)=NOC(=O)CO. The molecular weight excluding hydrogens is 290 g/mol. The van der Waals surface area contributed by atoms with Gasteiger partial charge in [-0.05, 0) is 6.92 Å². The van der Waals surface area contributed by atoms with Crippen LogP contribution in [-0.4, -0.2) is 43.6 Å². The molecule has 0 aliphatic carbocycles. The molecule has 7 heteroatoms. The lowest BCUT2D eigenvalue weighted by molar-refractivity contribution is -0.146. The molecule has 0 aliphatic heterocycles. The molecule has 0 heterocycles. The summed E-state index contributed by atoms with van der Waals surface area (Å²) in [6.45, 7) is 0.834. The van der Waals surface area contributed by atoms with Crippen molar-refractivity contribution < 1.29 is 29.0 Å². The van der Waals surface area contributed by atoms with Crippen molar-refractivity contribution in [2.45, 2.75) is 6.92 Å². The van der Waals surface area contributed by atoms with Gasteiger partial charge in [0.15, 0.2) is 0 Å². The molecular formula is C15H17NO6. The Morgan fingerprint density at radius 3 is 2.41 bits per heavy atom. The number of hydrogen-bond donors (Lipinski definition) is 1. The molecule has 1 aromatic rings. The second-order valence-corrected chi connectivity index (χ2v) is 4.10. The van der Waals surface area contributed by atoms with Crippen LogP contribution in [0.3, 0.4) is 0 Å². The van der Waals surface area contributed by atoms with Gasteiger partial charge in [0.1, 0.15) is 12.2 Å². The number of nitrogens with zero attached hydrogens (tertiary/aromatic N) is 1. The summed E-state index contributed by atoms with van der Waals surface area (Å²) in [5.41, 5.74) is 1.62. The maximum Gasteiger partial charge on any atom is 0.360 e. The van der Waals surface area contributed by atoms with Gasteiger partial charge >= 0.3 is 11.9 Å². The minimum absolute atomic E-state index is 0.198. The molecule has 0 saturated carbocycles. The molecule has 0 bridgehead atoms. The number of benzene rings is 1. The Bertz CT molecular complexity index is 606. The molecule has 7 nitrogen and oxygen atoms in total. The van der Waals surface area contributed by atoms with Crippen LogP contribution in [-0.2, 0) is 23.9 Å². The number of hydrogen-bond acceptors (Lipinski definition) is 7. The Balaban J connectivity index is 3.26. The molecule has 1 aromatic carbocycles. The van der Waals surface area contributed by atoms with E-state index in [1.165, 1.54) is 20.5 Å². The lowest BCUT2D eigenvalue weighted by Gasteiger charge is -2.11. The Kier molecular flexibility index (Phi) is 6.78. The van der Waals surface area contributed by atoms with Gasteiger partial charge < -0.3 is 19.4 Å². The van der Waals surface area contributed by atoms with Crippen LogP contribution in [0.15, 0.2) is 35.7 Å². The number of aliphatic hydroxyl groups excluding tert-OH is 1. The van der Waals surface area contributed by atoms with Crippen molar-refractivity contribution in [3.05, 3.63) is 41.7 Å². The monoisotopic (exact) mass is 307 g/mol. The predicted molar refractivity (Wildman–Crippen MR) is 78.8 cm³/mol. The first-order valence-electron chi connectivity index (χ1n) is 6.31. The normalized spacial score (nSPS) is 11.8. The first kappa shape index (κ1) is 17.4. The molecule has 0 unspecified atom stereocenters. The molecule has 0 atom stereocenters. The third-order valence-corrected chi connectivity index (χ3v) is 2.66. The van der Waals surface area contributed by atoms with Crippen LogP contribution in [0.2, 0.25) is 0 Å². The standard InChI is InChI=1S/C15H17NO6/c1-10(16-22-14(18)8-17)11-6-4-5-7-12(11)13(9-20-2)15(19)21-3/h4-7,9,17H,8H2,1-3H3/b13-9+,16-10?. The zero-order valence-corrected chi connectivity index (χ0v) is 12.5. The molecule has 118 valence electrons. The summed E-state index contributed by atoms with van der Waals surface area (Å²) in [6, 6.07) is 6.86. The highest BCUT2D eigenvalue weighted by Crippen LogP contribution is 2.21. The van der Waals surface area contributed by atoms with Crippen LogP contribution in [0.25, 0.3) is 5.57 Å². The second-order valence-electron chi connectivity index (χ2n) is 4.10. The lowest BCUT2D eigenvalue weighted by atomic mass is 9.98. The summed E-state index contributed by atoms with van der Waals surface area (Å²) >= 11 is 0. The third kappa shape index (κ3) is 4.42. The van der Waals surface area contributed by atoms with Crippen molar-refractivity contribution in [3.63, 3.8) is 0 Å². The van der Waals surface area contributed by atoms with Gasteiger partial charge in [-0.25, -0.2) is 9.59 Å². The van der Waals surface area contributed by atoms with E-state index in [1.807, 2.05) is 0 Å². The van der Waals surface area contributed by atoms with Crippen LogP contribution >= 0.6 is 0 Å². The average Bonchev–Trinajstić information content (AvgIpc) is 2.56. The van der Waals surface area contributed by atoms with E-state index in [-0.39, 0.29) is 5.57 Å². The fraction of sp³-hybridized carbons (Fsp3) is 0.267. The van der Waals surface area contributed by atoms with Gasteiger partial charge in [-0.1, -0.05) is 29.4 Å². The van der Waals surface area contributed by atoms with Crippen LogP contribution in [0.4, 0.5) is 0 Å². The summed E-state index contributed by atoms with van der Waals surface area (Å²) in [6.07, 6.45) is 1.26. The Hall–Kier alpha value is -2.67. The maximum atomic E-state index is 11.9. The van der Waals surface area contributed by atoms with Gasteiger partial charge in [0.25, 0.3) is 0 Å². The molecule has 0 amide bonds. The molecule has 0 fully saturated rings. The molecule has 0 aliphatic rings. The number of carbonyl (C=O) groups is 2. The maximum absolute atomic E-state index is 11.9.